The van der Waals surface area contributed by atoms with Gasteiger partial charge in [0.05, 0.1) is 12.2 Å². The van der Waals surface area contributed by atoms with Crippen LogP contribution in [-0.4, -0.2) is 11.1 Å². The van der Waals surface area contributed by atoms with Crippen LogP contribution in [0.25, 0.3) is 10.1 Å². The lowest BCUT2D eigenvalue weighted by atomic mass is 10.1. The van der Waals surface area contributed by atoms with Crippen LogP contribution in [-0.2, 0) is 6.54 Å². The molecule has 0 bridgehead atoms. The summed E-state index contributed by atoms with van der Waals surface area (Å²) in [5.41, 5.74) is 8.45. The lowest BCUT2D eigenvalue weighted by molar-refractivity contribution is 0.0955. The second-order valence-electron chi connectivity index (χ2n) is 4.96. The number of benzene rings is 1. The number of nitrogens with two attached hydrogens (primary N) is 1. The predicted octanol–water partition coefficient (Wildman–Crippen LogP) is 3.02. The van der Waals surface area contributed by atoms with Gasteiger partial charge in [-0.25, -0.2) is 0 Å². The number of nitrogen functional groups attached to an aromatic ring is 1. The number of fused-ring (bicyclic) bond motifs is 1. The molecule has 108 valence electrons. The molecule has 0 aliphatic heterocycles. The van der Waals surface area contributed by atoms with Crippen molar-refractivity contribution >= 4 is 33.0 Å². The van der Waals surface area contributed by atoms with Crippen LogP contribution in [0.5, 0.6) is 0 Å². The van der Waals surface area contributed by atoms with Crippen molar-refractivity contribution in [1.82, 2.24) is 10.5 Å². The Morgan fingerprint density at radius 3 is 2.90 bits per heavy atom. The standard InChI is InChI=1S/C15H15N3O2S/c1-8-3-4-12-11(5-8)13(16)14(21-12)15(19)17-7-10-6-9(2)20-18-10/h3-6H,7,16H2,1-2H3,(H,17,19). The fourth-order valence-corrected chi connectivity index (χ4v) is 3.17. The Morgan fingerprint density at radius 1 is 1.38 bits per heavy atom. The van der Waals surface area contributed by atoms with Crippen molar-refractivity contribution in [3.63, 3.8) is 0 Å². The van der Waals surface area contributed by atoms with Gasteiger partial charge >= 0.3 is 0 Å². The maximum atomic E-state index is 12.3. The number of hydrogen-bond acceptors (Lipinski definition) is 5. The zero-order valence-corrected chi connectivity index (χ0v) is 12.6. The second kappa shape index (κ2) is 5.21. The fraction of sp³-hybridized carbons (Fsp3) is 0.200. The van der Waals surface area contributed by atoms with E-state index >= 15 is 0 Å². The minimum atomic E-state index is -0.188. The molecule has 0 fully saturated rings. The van der Waals surface area contributed by atoms with Crippen molar-refractivity contribution < 1.29 is 9.32 Å². The highest BCUT2D eigenvalue weighted by Crippen LogP contribution is 2.34. The first kappa shape index (κ1) is 13.6. The van der Waals surface area contributed by atoms with E-state index in [0.717, 1.165) is 21.4 Å². The number of aryl methyl sites for hydroxylation is 2. The molecule has 0 aliphatic rings. The number of carbonyl (C=O) groups is 1. The molecular weight excluding hydrogens is 286 g/mol. The Morgan fingerprint density at radius 2 is 2.19 bits per heavy atom. The van der Waals surface area contributed by atoms with E-state index in [-0.39, 0.29) is 5.91 Å². The van der Waals surface area contributed by atoms with Crippen LogP contribution >= 0.6 is 11.3 Å². The van der Waals surface area contributed by atoms with Gasteiger partial charge in [0.15, 0.2) is 0 Å². The van der Waals surface area contributed by atoms with Gasteiger partial charge in [0, 0.05) is 16.2 Å². The SMILES string of the molecule is Cc1ccc2sc(C(=O)NCc3cc(C)on3)c(N)c2c1. The summed E-state index contributed by atoms with van der Waals surface area (Å²) in [7, 11) is 0. The zero-order chi connectivity index (χ0) is 15.0. The number of aromatic nitrogens is 1. The first-order valence-corrected chi connectivity index (χ1v) is 7.35. The Labute approximate surface area is 125 Å². The molecule has 0 unspecified atom stereocenters. The van der Waals surface area contributed by atoms with Gasteiger partial charge < -0.3 is 15.6 Å². The van der Waals surface area contributed by atoms with E-state index in [4.69, 9.17) is 10.3 Å². The maximum Gasteiger partial charge on any atom is 0.263 e. The van der Waals surface area contributed by atoms with Crippen LogP contribution in [0, 0.1) is 13.8 Å². The minimum absolute atomic E-state index is 0.188. The lowest BCUT2D eigenvalue weighted by Gasteiger charge is -2.01. The third-order valence-corrected chi connectivity index (χ3v) is 4.38. The van der Waals surface area contributed by atoms with Gasteiger partial charge in [0.2, 0.25) is 0 Å². The van der Waals surface area contributed by atoms with Crippen LogP contribution in [0.3, 0.4) is 0 Å². The molecule has 0 atom stereocenters. The largest absolute Gasteiger partial charge is 0.397 e. The molecule has 3 rings (SSSR count). The monoisotopic (exact) mass is 301 g/mol. The van der Waals surface area contributed by atoms with Crippen LogP contribution in [0.1, 0.15) is 26.7 Å². The van der Waals surface area contributed by atoms with Gasteiger partial charge in [-0.1, -0.05) is 16.8 Å². The number of amides is 1. The maximum absolute atomic E-state index is 12.3. The molecular formula is C15H15N3O2S. The first-order chi connectivity index (χ1) is 10.0. The van der Waals surface area contributed by atoms with E-state index in [2.05, 4.69) is 10.5 Å². The van der Waals surface area contributed by atoms with E-state index in [1.807, 2.05) is 32.0 Å². The molecule has 1 aromatic carbocycles. The molecule has 3 N–H and O–H groups in total. The highest BCUT2D eigenvalue weighted by molar-refractivity contribution is 7.21. The summed E-state index contributed by atoms with van der Waals surface area (Å²) in [6.07, 6.45) is 0. The average molecular weight is 301 g/mol. The molecule has 1 amide bonds. The van der Waals surface area contributed by atoms with Gasteiger partial charge in [0.1, 0.15) is 16.3 Å². The summed E-state index contributed by atoms with van der Waals surface area (Å²) < 4.78 is 5.98. The highest BCUT2D eigenvalue weighted by atomic mass is 32.1. The van der Waals surface area contributed by atoms with Crippen LogP contribution in [0.2, 0.25) is 0 Å². The number of carbonyl (C=O) groups excluding carboxylic acids is 1. The molecule has 6 heteroatoms. The van der Waals surface area contributed by atoms with Gasteiger partial charge in [-0.05, 0) is 26.0 Å². The van der Waals surface area contributed by atoms with E-state index in [1.54, 1.807) is 6.07 Å². The number of nitrogens with one attached hydrogen (secondary N) is 1. The van der Waals surface area contributed by atoms with Gasteiger partial charge in [-0.3, -0.25) is 4.79 Å². The normalized spacial score (nSPS) is 11.0. The summed E-state index contributed by atoms with van der Waals surface area (Å²) in [4.78, 5) is 12.8. The molecule has 2 heterocycles. The number of anilines is 1. The van der Waals surface area contributed by atoms with E-state index in [1.165, 1.54) is 11.3 Å². The molecule has 0 saturated carbocycles. The van der Waals surface area contributed by atoms with Crippen LogP contribution in [0.15, 0.2) is 28.8 Å². The van der Waals surface area contributed by atoms with Crippen molar-refractivity contribution in [3.8, 4) is 0 Å². The smallest absolute Gasteiger partial charge is 0.263 e. The fourth-order valence-electron chi connectivity index (χ4n) is 2.15. The Hall–Kier alpha value is -2.34. The zero-order valence-electron chi connectivity index (χ0n) is 11.8. The van der Waals surface area contributed by atoms with Gasteiger partial charge in [-0.2, -0.15) is 0 Å². The van der Waals surface area contributed by atoms with Gasteiger partial charge in [-0.15, -0.1) is 11.3 Å². The molecule has 0 saturated heterocycles. The second-order valence-corrected chi connectivity index (χ2v) is 6.01. The van der Waals surface area contributed by atoms with Crippen molar-refractivity contribution in [2.45, 2.75) is 20.4 Å². The summed E-state index contributed by atoms with van der Waals surface area (Å²) in [5.74, 6) is 0.531. The molecule has 5 nitrogen and oxygen atoms in total. The number of thiophene rings is 1. The molecule has 2 aromatic heterocycles. The van der Waals surface area contributed by atoms with E-state index in [9.17, 15) is 4.79 Å². The Kier molecular flexibility index (Phi) is 3.39. The number of hydrogen-bond donors (Lipinski definition) is 2. The van der Waals surface area contributed by atoms with Gasteiger partial charge in [0.25, 0.3) is 5.91 Å². The third-order valence-electron chi connectivity index (χ3n) is 3.19. The highest BCUT2D eigenvalue weighted by Gasteiger charge is 2.16. The summed E-state index contributed by atoms with van der Waals surface area (Å²) >= 11 is 1.40. The summed E-state index contributed by atoms with van der Waals surface area (Å²) in [6.45, 7) is 4.14. The molecule has 0 spiro atoms. The topological polar surface area (TPSA) is 81.2 Å². The number of nitrogens with zero attached hydrogens (tertiary/aromatic N) is 1. The molecule has 21 heavy (non-hydrogen) atoms. The molecule has 3 aromatic rings. The summed E-state index contributed by atoms with van der Waals surface area (Å²) in [6, 6.07) is 7.79. The lowest BCUT2D eigenvalue weighted by Crippen LogP contribution is -2.22. The summed E-state index contributed by atoms with van der Waals surface area (Å²) in [5, 5.41) is 7.59. The predicted molar refractivity (Wildman–Crippen MR) is 83.4 cm³/mol. The Bertz CT molecular complexity index is 820. The quantitative estimate of drug-likeness (QED) is 0.779. The third kappa shape index (κ3) is 2.62. The van der Waals surface area contributed by atoms with Crippen molar-refractivity contribution in [1.29, 1.82) is 0 Å². The van der Waals surface area contributed by atoms with Crippen molar-refractivity contribution in [3.05, 3.63) is 46.2 Å². The van der Waals surface area contributed by atoms with E-state index in [0.29, 0.717) is 22.8 Å². The number of rotatable bonds is 3. The molecule has 0 aliphatic carbocycles. The van der Waals surface area contributed by atoms with Crippen molar-refractivity contribution in [2.24, 2.45) is 0 Å². The first-order valence-electron chi connectivity index (χ1n) is 6.53. The van der Waals surface area contributed by atoms with Crippen LogP contribution < -0.4 is 11.1 Å². The van der Waals surface area contributed by atoms with E-state index < -0.39 is 0 Å². The Balaban J connectivity index is 1.82. The van der Waals surface area contributed by atoms with Crippen LogP contribution in [0.4, 0.5) is 5.69 Å². The molecule has 0 radical (unpaired) electrons. The minimum Gasteiger partial charge on any atom is -0.397 e. The average Bonchev–Trinajstić information content (AvgIpc) is 3.01. The van der Waals surface area contributed by atoms with Crippen molar-refractivity contribution in [2.75, 3.05) is 5.73 Å².